The molecule has 1 aliphatic heterocycles. The molecule has 0 saturated heterocycles. The fourth-order valence-electron chi connectivity index (χ4n) is 3.94. The number of aliphatic imine (C=N–C) groups is 2. The van der Waals surface area contributed by atoms with Gasteiger partial charge in [-0.2, -0.15) is 0 Å². The van der Waals surface area contributed by atoms with Crippen LogP contribution in [-0.4, -0.2) is 16.7 Å². The Morgan fingerprint density at radius 1 is 0.677 bits per heavy atom. The molecule has 0 saturated carbocycles. The van der Waals surface area contributed by atoms with Crippen LogP contribution in [0.1, 0.15) is 22.9 Å². The molecule has 3 aromatic carbocycles. The number of rotatable bonds is 3. The van der Waals surface area contributed by atoms with Gasteiger partial charge in [0.2, 0.25) is 0 Å². The number of amidine groups is 2. The van der Waals surface area contributed by atoms with E-state index in [-0.39, 0.29) is 6.17 Å². The lowest BCUT2D eigenvalue weighted by Crippen LogP contribution is -2.36. The van der Waals surface area contributed by atoms with Crippen molar-refractivity contribution in [3.05, 3.63) is 114 Å². The lowest BCUT2D eigenvalue weighted by Gasteiger charge is -2.22. The van der Waals surface area contributed by atoms with Gasteiger partial charge in [-0.1, -0.05) is 72.8 Å². The highest BCUT2D eigenvalue weighted by Crippen LogP contribution is 2.31. The van der Waals surface area contributed by atoms with Crippen LogP contribution >= 0.6 is 0 Å². The number of pyridine rings is 1. The molecule has 6 rings (SSSR count). The molecule has 1 unspecified atom stereocenters. The van der Waals surface area contributed by atoms with Crippen LogP contribution in [0.15, 0.2) is 112 Å². The van der Waals surface area contributed by atoms with Crippen LogP contribution < -0.4 is 5.32 Å². The zero-order chi connectivity index (χ0) is 20.6. The number of hydrogen-bond acceptors (Lipinski definition) is 5. The zero-order valence-corrected chi connectivity index (χ0v) is 16.6. The van der Waals surface area contributed by atoms with Gasteiger partial charge >= 0.3 is 0 Å². The molecule has 0 fully saturated rings. The molecule has 1 N–H and O–H groups in total. The average molecular weight is 402 g/mol. The number of furan rings is 1. The Kier molecular flexibility index (Phi) is 4.10. The second kappa shape index (κ2) is 7.22. The van der Waals surface area contributed by atoms with E-state index in [2.05, 4.69) is 22.4 Å². The Balaban J connectivity index is 1.55. The first-order chi connectivity index (χ1) is 15.4. The molecule has 0 bridgehead atoms. The lowest BCUT2D eigenvalue weighted by atomic mass is 10.1. The lowest BCUT2D eigenvalue weighted by molar-refractivity contribution is 0.668. The van der Waals surface area contributed by atoms with Crippen molar-refractivity contribution >= 4 is 33.7 Å². The molecule has 31 heavy (non-hydrogen) atoms. The minimum atomic E-state index is -0.339. The maximum Gasteiger partial charge on any atom is 0.169 e. The van der Waals surface area contributed by atoms with Gasteiger partial charge in [0.1, 0.15) is 22.8 Å². The Labute approximate surface area is 178 Å². The first-order valence-electron chi connectivity index (χ1n) is 10.2. The van der Waals surface area contributed by atoms with Crippen LogP contribution in [0.2, 0.25) is 0 Å². The van der Waals surface area contributed by atoms with Crippen LogP contribution in [0, 0.1) is 0 Å². The van der Waals surface area contributed by atoms with Gasteiger partial charge in [-0.3, -0.25) is 4.98 Å². The van der Waals surface area contributed by atoms with E-state index in [0.717, 1.165) is 50.4 Å². The van der Waals surface area contributed by atoms with Crippen molar-refractivity contribution in [2.24, 2.45) is 9.98 Å². The molecule has 2 aromatic heterocycles. The monoisotopic (exact) mass is 402 g/mol. The van der Waals surface area contributed by atoms with Crippen LogP contribution in [0.3, 0.4) is 0 Å². The highest BCUT2D eigenvalue weighted by atomic mass is 16.3. The number of nitrogens with one attached hydrogen (secondary N) is 1. The maximum absolute atomic E-state index is 6.03. The summed E-state index contributed by atoms with van der Waals surface area (Å²) >= 11 is 0. The van der Waals surface area contributed by atoms with Gasteiger partial charge in [-0.25, -0.2) is 9.98 Å². The molecule has 1 aliphatic rings. The highest BCUT2D eigenvalue weighted by Gasteiger charge is 2.23. The largest absolute Gasteiger partial charge is 0.454 e. The Morgan fingerprint density at radius 3 is 2.26 bits per heavy atom. The minimum Gasteiger partial charge on any atom is -0.454 e. The summed E-state index contributed by atoms with van der Waals surface area (Å²) in [6.07, 6.45) is 1.45. The first kappa shape index (κ1) is 17.6. The smallest absolute Gasteiger partial charge is 0.169 e. The fourth-order valence-corrected chi connectivity index (χ4v) is 3.94. The molecule has 0 radical (unpaired) electrons. The highest BCUT2D eigenvalue weighted by molar-refractivity contribution is 6.22. The second-order valence-corrected chi connectivity index (χ2v) is 7.36. The molecular formula is C26H18N4O. The van der Waals surface area contributed by atoms with Crippen LogP contribution in [0.5, 0.6) is 0 Å². The molecular weight excluding hydrogens is 384 g/mol. The van der Waals surface area contributed by atoms with E-state index in [1.165, 1.54) is 0 Å². The van der Waals surface area contributed by atoms with Gasteiger partial charge in [0.25, 0.3) is 0 Å². The Hall–Kier alpha value is -4.25. The summed E-state index contributed by atoms with van der Waals surface area (Å²) in [6.45, 7) is 0. The van der Waals surface area contributed by atoms with Gasteiger partial charge in [0, 0.05) is 17.3 Å². The van der Waals surface area contributed by atoms with Crippen molar-refractivity contribution in [3.8, 4) is 0 Å². The second-order valence-electron chi connectivity index (χ2n) is 7.36. The third-order valence-electron chi connectivity index (χ3n) is 5.39. The van der Waals surface area contributed by atoms with Gasteiger partial charge in [-0.15, -0.1) is 0 Å². The van der Waals surface area contributed by atoms with Crippen LogP contribution in [-0.2, 0) is 0 Å². The average Bonchev–Trinajstić information content (AvgIpc) is 3.24. The first-order valence-corrected chi connectivity index (χ1v) is 10.2. The fraction of sp³-hybridized carbons (Fsp3) is 0.0385. The number of aromatic nitrogens is 1. The van der Waals surface area contributed by atoms with Crippen molar-refractivity contribution in [2.45, 2.75) is 6.17 Å². The standard InChI is InChI=1S/C26H18N4O/c1-3-9-17(10-4-1)24-28-25(18-11-5-2-6-12-18)30-26(29-24)19-13-7-14-20-22(19)23-21(31-20)15-8-16-27-23/h1-16,24H,(H,28,29,30). The van der Waals surface area contributed by atoms with Crippen molar-refractivity contribution in [1.29, 1.82) is 0 Å². The van der Waals surface area contributed by atoms with E-state index in [0.29, 0.717) is 0 Å². The van der Waals surface area contributed by atoms with Crippen molar-refractivity contribution in [1.82, 2.24) is 10.3 Å². The summed E-state index contributed by atoms with van der Waals surface area (Å²) in [4.78, 5) is 14.5. The van der Waals surface area contributed by atoms with Gasteiger partial charge < -0.3 is 9.73 Å². The molecule has 0 spiro atoms. The van der Waals surface area contributed by atoms with Crippen molar-refractivity contribution in [3.63, 3.8) is 0 Å². The maximum atomic E-state index is 6.03. The predicted molar refractivity (Wildman–Crippen MR) is 123 cm³/mol. The molecule has 1 atom stereocenters. The normalized spacial score (nSPS) is 16.1. The minimum absolute atomic E-state index is 0.339. The summed E-state index contributed by atoms with van der Waals surface area (Å²) in [7, 11) is 0. The van der Waals surface area contributed by atoms with Crippen LogP contribution in [0.4, 0.5) is 0 Å². The SMILES string of the molecule is c1ccc(C2=NC(c3ccccc3)N=C(c3cccc4oc5cccnc5c34)N2)cc1. The Bertz CT molecular complexity index is 1450. The summed E-state index contributed by atoms with van der Waals surface area (Å²) in [5.41, 5.74) is 5.38. The van der Waals surface area contributed by atoms with Gasteiger partial charge in [-0.05, 0) is 23.8 Å². The van der Waals surface area contributed by atoms with Gasteiger partial charge in [0.05, 0.1) is 5.39 Å². The predicted octanol–water partition coefficient (Wildman–Crippen LogP) is 5.48. The molecule has 148 valence electrons. The van der Waals surface area contributed by atoms with E-state index in [9.17, 15) is 0 Å². The molecule has 0 aliphatic carbocycles. The van der Waals surface area contributed by atoms with Crippen LogP contribution in [0.25, 0.3) is 22.1 Å². The third-order valence-corrected chi connectivity index (χ3v) is 5.39. The summed E-state index contributed by atoms with van der Waals surface area (Å²) < 4.78 is 6.03. The number of hydrogen-bond donors (Lipinski definition) is 1. The number of nitrogens with zero attached hydrogens (tertiary/aromatic N) is 3. The van der Waals surface area contributed by atoms with Gasteiger partial charge in [0.15, 0.2) is 11.7 Å². The quantitative estimate of drug-likeness (QED) is 0.435. The molecule has 5 nitrogen and oxygen atoms in total. The van der Waals surface area contributed by atoms with Crippen molar-refractivity contribution in [2.75, 3.05) is 0 Å². The number of fused-ring (bicyclic) bond motifs is 3. The molecule has 3 heterocycles. The van der Waals surface area contributed by atoms with E-state index >= 15 is 0 Å². The summed E-state index contributed by atoms with van der Waals surface area (Å²) in [5.74, 6) is 1.54. The van der Waals surface area contributed by atoms with E-state index in [4.69, 9.17) is 14.4 Å². The topological polar surface area (TPSA) is 62.8 Å². The Morgan fingerprint density at radius 2 is 1.42 bits per heavy atom. The zero-order valence-electron chi connectivity index (χ0n) is 16.6. The third kappa shape index (κ3) is 3.07. The molecule has 5 heteroatoms. The number of benzene rings is 3. The van der Waals surface area contributed by atoms with E-state index in [1.807, 2.05) is 78.9 Å². The van der Waals surface area contributed by atoms with E-state index < -0.39 is 0 Å². The van der Waals surface area contributed by atoms with Crippen molar-refractivity contribution < 1.29 is 4.42 Å². The van der Waals surface area contributed by atoms with E-state index in [1.54, 1.807) is 6.20 Å². The summed E-state index contributed by atoms with van der Waals surface area (Å²) in [5, 5.41) is 4.41. The molecule has 0 amide bonds. The summed E-state index contributed by atoms with van der Waals surface area (Å²) in [6, 6.07) is 30.1. The molecule has 5 aromatic rings.